The van der Waals surface area contributed by atoms with Crippen molar-refractivity contribution in [3.63, 3.8) is 0 Å². The van der Waals surface area contributed by atoms with Gasteiger partial charge in [0.25, 0.3) is 5.91 Å². The van der Waals surface area contributed by atoms with Gasteiger partial charge in [0.15, 0.2) is 11.6 Å². The molecule has 0 radical (unpaired) electrons. The summed E-state index contributed by atoms with van der Waals surface area (Å²) in [6.07, 6.45) is 3.83. The Labute approximate surface area is 135 Å². The normalized spacial score (nSPS) is 17.1. The summed E-state index contributed by atoms with van der Waals surface area (Å²) in [4.78, 5) is 35.3. The molecular formula is C15H12N6O3. The van der Waals surface area contributed by atoms with Crippen molar-refractivity contribution in [1.82, 2.24) is 25.6 Å². The third-order valence-electron chi connectivity index (χ3n) is 3.62. The highest BCUT2D eigenvalue weighted by Crippen LogP contribution is 2.25. The Morgan fingerprint density at radius 3 is 2.71 bits per heavy atom. The van der Waals surface area contributed by atoms with E-state index >= 15 is 0 Å². The van der Waals surface area contributed by atoms with Crippen LogP contribution in [-0.2, 0) is 11.2 Å². The van der Waals surface area contributed by atoms with Crippen LogP contribution in [0.5, 0.6) is 0 Å². The number of carbonyl (C=O) groups excluding carboxylic acids is 2. The summed E-state index contributed by atoms with van der Waals surface area (Å²) in [7, 11) is 0. The summed E-state index contributed by atoms with van der Waals surface area (Å²) in [5.41, 5.74) is 8.28. The van der Waals surface area contributed by atoms with E-state index in [1.807, 2.05) is 6.07 Å². The van der Waals surface area contributed by atoms with Crippen molar-refractivity contribution in [2.24, 2.45) is 0 Å². The highest BCUT2D eigenvalue weighted by molar-refractivity contribution is 6.04. The van der Waals surface area contributed by atoms with Crippen LogP contribution in [0.3, 0.4) is 0 Å². The molecule has 120 valence electrons. The Balaban J connectivity index is 1.62. The van der Waals surface area contributed by atoms with E-state index in [4.69, 9.17) is 10.2 Å². The summed E-state index contributed by atoms with van der Waals surface area (Å²) < 4.78 is 5.61. The molecule has 3 aromatic rings. The largest absolute Gasteiger partial charge is 0.457 e. The number of nitrogens with zero attached hydrogens (tertiary/aromatic N) is 3. The lowest BCUT2D eigenvalue weighted by atomic mass is 10.1. The molecule has 1 saturated heterocycles. The highest BCUT2D eigenvalue weighted by atomic mass is 16.3. The smallest absolute Gasteiger partial charge is 0.322 e. The van der Waals surface area contributed by atoms with E-state index in [2.05, 4.69) is 25.6 Å². The van der Waals surface area contributed by atoms with Crippen LogP contribution >= 0.6 is 0 Å². The van der Waals surface area contributed by atoms with Gasteiger partial charge in [-0.05, 0) is 17.7 Å². The van der Waals surface area contributed by atoms with Crippen molar-refractivity contribution in [2.45, 2.75) is 12.5 Å². The van der Waals surface area contributed by atoms with Gasteiger partial charge in [0.1, 0.15) is 11.3 Å². The lowest BCUT2D eigenvalue weighted by molar-refractivity contribution is -0.120. The summed E-state index contributed by atoms with van der Waals surface area (Å²) >= 11 is 0. The maximum absolute atomic E-state index is 11.7. The van der Waals surface area contributed by atoms with Crippen molar-refractivity contribution < 1.29 is 14.0 Å². The average molecular weight is 324 g/mol. The molecule has 0 saturated carbocycles. The number of hydrogen-bond donors (Lipinski definition) is 3. The van der Waals surface area contributed by atoms with Crippen LogP contribution in [0.15, 0.2) is 35.0 Å². The zero-order valence-corrected chi connectivity index (χ0v) is 12.3. The number of nitrogens with one attached hydrogen (secondary N) is 2. The maximum Gasteiger partial charge on any atom is 0.322 e. The first-order valence-corrected chi connectivity index (χ1v) is 7.15. The number of amides is 3. The third kappa shape index (κ3) is 2.51. The number of furan rings is 1. The highest BCUT2D eigenvalue weighted by Gasteiger charge is 2.33. The molecule has 1 atom stereocenters. The predicted molar refractivity (Wildman–Crippen MR) is 82.7 cm³/mol. The summed E-state index contributed by atoms with van der Waals surface area (Å²) in [5.74, 6) is 0.116. The second-order valence-corrected chi connectivity index (χ2v) is 5.36. The van der Waals surface area contributed by atoms with Crippen LogP contribution in [0, 0.1) is 0 Å². The van der Waals surface area contributed by atoms with Crippen molar-refractivity contribution in [1.29, 1.82) is 0 Å². The van der Waals surface area contributed by atoms with Gasteiger partial charge in [-0.25, -0.2) is 19.7 Å². The van der Waals surface area contributed by atoms with Crippen LogP contribution in [0.25, 0.3) is 11.1 Å². The van der Waals surface area contributed by atoms with Gasteiger partial charge in [0.2, 0.25) is 5.95 Å². The lowest BCUT2D eigenvalue weighted by Gasteiger charge is -2.01. The molecule has 4 rings (SSSR count). The van der Waals surface area contributed by atoms with Gasteiger partial charge in [-0.15, -0.1) is 0 Å². The maximum atomic E-state index is 11.7. The number of rotatable bonds is 3. The first kappa shape index (κ1) is 14.1. The van der Waals surface area contributed by atoms with Crippen LogP contribution in [-0.4, -0.2) is 26.9 Å². The van der Waals surface area contributed by atoms with E-state index in [1.54, 1.807) is 24.5 Å². The average Bonchev–Trinajstić information content (AvgIpc) is 3.11. The number of carbonyl (C=O) groups is 2. The second kappa shape index (κ2) is 5.30. The summed E-state index contributed by atoms with van der Waals surface area (Å²) in [6, 6.07) is 3.87. The molecule has 0 aliphatic carbocycles. The number of anilines is 1. The number of hydrogen-bond acceptors (Lipinski definition) is 7. The minimum absolute atomic E-state index is 0.221. The molecule has 1 unspecified atom stereocenters. The minimum Gasteiger partial charge on any atom is -0.457 e. The van der Waals surface area contributed by atoms with Gasteiger partial charge in [-0.3, -0.25) is 10.1 Å². The molecule has 9 nitrogen and oxygen atoms in total. The molecular weight excluding hydrogens is 312 g/mol. The van der Waals surface area contributed by atoms with Crippen molar-refractivity contribution in [2.75, 3.05) is 5.73 Å². The number of fused-ring (bicyclic) bond motifs is 1. The molecule has 4 heterocycles. The number of aromatic nitrogens is 3. The number of nitrogen functional groups attached to an aromatic ring is 1. The van der Waals surface area contributed by atoms with E-state index in [0.29, 0.717) is 23.3 Å². The van der Waals surface area contributed by atoms with E-state index in [0.717, 1.165) is 11.3 Å². The number of imide groups is 1. The zero-order chi connectivity index (χ0) is 16.7. The number of nitrogens with two attached hydrogens (primary N) is 1. The molecule has 1 fully saturated rings. The summed E-state index contributed by atoms with van der Waals surface area (Å²) in [5, 5.41) is 4.66. The topological polar surface area (TPSA) is 136 Å². The van der Waals surface area contributed by atoms with Crippen LogP contribution < -0.4 is 16.4 Å². The van der Waals surface area contributed by atoms with E-state index in [-0.39, 0.29) is 5.95 Å². The second-order valence-electron chi connectivity index (χ2n) is 5.36. The SMILES string of the molecule is Nc1ncc(Cc2ccc3oc(C4NC(=O)NC4=O)cc3n2)cn1. The fourth-order valence-electron chi connectivity index (χ4n) is 2.51. The van der Waals surface area contributed by atoms with Gasteiger partial charge in [0, 0.05) is 30.6 Å². The van der Waals surface area contributed by atoms with Crippen LogP contribution in [0.2, 0.25) is 0 Å². The van der Waals surface area contributed by atoms with Gasteiger partial charge in [-0.1, -0.05) is 0 Å². The standard InChI is InChI=1S/C15H12N6O3/c16-14-17-5-7(6-18-14)3-8-1-2-10-9(19-8)4-11(24-10)12-13(22)21-15(23)20-12/h1-2,4-6,12H,3H2,(H2,16,17,18)(H2,20,21,22,23). The fourth-order valence-corrected chi connectivity index (χ4v) is 2.51. The molecule has 0 bridgehead atoms. The van der Waals surface area contributed by atoms with Gasteiger partial charge in [0.05, 0.1) is 0 Å². The molecule has 9 heteroatoms. The number of urea groups is 1. The zero-order valence-electron chi connectivity index (χ0n) is 12.3. The van der Waals surface area contributed by atoms with Crippen LogP contribution in [0.1, 0.15) is 23.1 Å². The molecule has 4 N–H and O–H groups in total. The van der Waals surface area contributed by atoms with E-state index in [1.165, 1.54) is 0 Å². The first-order chi connectivity index (χ1) is 11.6. The molecule has 0 spiro atoms. The Kier molecular flexibility index (Phi) is 3.12. The Hall–Kier alpha value is -3.49. The fraction of sp³-hybridized carbons (Fsp3) is 0.133. The van der Waals surface area contributed by atoms with E-state index in [9.17, 15) is 9.59 Å². The van der Waals surface area contributed by atoms with Crippen molar-refractivity contribution in [3.05, 3.63) is 47.6 Å². The molecule has 1 aliphatic rings. The Morgan fingerprint density at radius 1 is 1.21 bits per heavy atom. The molecule has 3 amide bonds. The lowest BCUT2D eigenvalue weighted by Crippen LogP contribution is -2.22. The molecule has 3 aromatic heterocycles. The monoisotopic (exact) mass is 324 g/mol. The Morgan fingerprint density at radius 2 is 2.00 bits per heavy atom. The predicted octanol–water partition coefficient (Wildman–Crippen LogP) is 0.671. The third-order valence-corrected chi connectivity index (χ3v) is 3.62. The quantitative estimate of drug-likeness (QED) is 0.602. The van der Waals surface area contributed by atoms with Crippen LogP contribution in [0.4, 0.5) is 10.7 Å². The molecule has 24 heavy (non-hydrogen) atoms. The van der Waals surface area contributed by atoms with Gasteiger partial charge in [-0.2, -0.15) is 0 Å². The molecule has 1 aliphatic heterocycles. The molecule has 0 aromatic carbocycles. The van der Waals surface area contributed by atoms with Gasteiger partial charge >= 0.3 is 6.03 Å². The van der Waals surface area contributed by atoms with Crippen molar-refractivity contribution in [3.8, 4) is 0 Å². The first-order valence-electron chi connectivity index (χ1n) is 7.15. The van der Waals surface area contributed by atoms with Gasteiger partial charge < -0.3 is 15.5 Å². The van der Waals surface area contributed by atoms with E-state index < -0.39 is 18.0 Å². The minimum atomic E-state index is -0.833. The van der Waals surface area contributed by atoms with Crippen molar-refractivity contribution >= 4 is 29.0 Å². The Bertz CT molecular complexity index is 950. The number of pyridine rings is 1. The summed E-state index contributed by atoms with van der Waals surface area (Å²) in [6.45, 7) is 0.